The number of aliphatic hydroxyl groups excluding tert-OH is 1. The summed E-state index contributed by atoms with van der Waals surface area (Å²) in [5, 5.41) is 22.5. The molecule has 4 aromatic rings. The summed E-state index contributed by atoms with van der Waals surface area (Å²) >= 11 is 1.62. The number of rotatable bonds is 7. The van der Waals surface area contributed by atoms with Crippen LogP contribution in [0, 0.1) is 0 Å². The normalized spacial score (nSPS) is 12.8. The first-order chi connectivity index (χ1) is 14.7. The van der Waals surface area contributed by atoms with E-state index in [4.69, 9.17) is 0 Å². The summed E-state index contributed by atoms with van der Waals surface area (Å²) in [7, 11) is 0. The van der Waals surface area contributed by atoms with E-state index in [-0.39, 0.29) is 0 Å². The van der Waals surface area contributed by atoms with Crippen LogP contribution in [-0.4, -0.2) is 33.9 Å². The molecule has 4 rings (SSSR count). The Bertz CT molecular complexity index is 1070. The number of fused-ring (bicyclic) bond motifs is 1. The fourth-order valence-corrected chi connectivity index (χ4v) is 4.20. The predicted molar refractivity (Wildman–Crippen MR) is 123 cm³/mol. The lowest BCUT2D eigenvalue weighted by Crippen LogP contribution is -2.39. The molecule has 0 aliphatic rings. The van der Waals surface area contributed by atoms with Crippen molar-refractivity contribution < 1.29 is 5.11 Å². The minimum absolute atomic E-state index is 0.400. The van der Waals surface area contributed by atoms with Gasteiger partial charge in [0.2, 0.25) is 0 Å². The molecule has 0 bridgehead atoms. The van der Waals surface area contributed by atoms with E-state index in [1.165, 1.54) is 4.70 Å². The first-order valence-electron chi connectivity index (χ1n) is 10.0. The highest BCUT2D eigenvalue weighted by Gasteiger charge is 2.12. The van der Waals surface area contributed by atoms with Crippen LogP contribution in [0.5, 0.6) is 0 Å². The molecule has 0 aliphatic carbocycles. The highest BCUT2D eigenvalue weighted by atomic mass is 32.1. The van der Waals surface area contributed by atoms with Gasteiger partial charge in [-0.25, -0.2) is 9.67 Å². The zero-order chi connectivity index (χ0) is 20.8. The van der Waals surface area contributed by atoms with Crippen molar-refractivity contribution in [1.82, 2.24) is 20.4 Å². The van der Waals surface area contributed by atoms with Crippen LogP contribution in [0.15, 0.2) is 78.0 Å². The second-order valence-electron chi connectivity index (χ2n) is 6.90. The first-order valence-corrected chi connectivity index (χ1v) is 10.8. The Labute approximate surface area is 179 Å². The SMILES string of the molecule is CCNC(=NCc1ccc(-n2cccn2)cc1)NCC(O)c1cc2ccccc2s1. The van der Waals surface area contributed by atoms with Crippen LogP contribution in [0.2, 0.25) is 0 Å². The quantitative estimate of drug-likeness (QED) is 0.314. The zero-order valence-electron chi connectivity index (χ0n) is 16.8. The third kappa shape index (κ3) is 4.87. The van der Waals surface area contributed by atoms with Crippen molar-refractivity contribution in [2.24, 2.45) is 4.99 Å². The van der Waals surface area contributed by atoms with Crippen LogP contribution in [0.4, 0.5) is 0 Å². The largest absolute Gasteiger partial charge is 0.386 e. The van der Waals surface area contributed by atoms with Gasteiger partial charge in [-0.2, -0.15) is 5.10 Å². The second kappa shape index (κ2) is 9.56. The van der Waals surface area contributed by atoms with Gasteiger partial charge < -0.3 is 15.7 Å². The molecule has 0 spiro atoms. The number of hydrogen-bond acceptors (Lipinski definition) is 4. The Morgan fingerprint density at radius 2 is 1.97 bits per heavy atom. The Kier molecular flexibility index (Phi) is 6.41. The van der Waals surface area contributed by atoms with Gasteiger partial charge in [-0.3, -0.25) is 0 Å². The monoisotopic (exact) mass is 419 g/mol. The van der Waals surface area contributed by atoms with E-state index in [9.17, 15) is 5.11 Å². The van der Waals surface area contributed by atoms with E-state index in [2.05, 4.69) is 51.1 Å². The number of aromatic nitrogens is 2. The van der Waals surface area contributed by atoms with Crippen molar-refractivity contribution in [2.45, 2.75) is 19.6 Å². The van der Waals surface area contributed by atoms with Crippen molar-refractivity contribution in [1.29, 1.82) is 0 Å². The molecule has 2 aromatic carbocycles. The molecule has 0 radical (unpaired) electrons. The summed E-state index contributed by atoms with van der Waals surface area (Å²) in [6, 6.07) is 20.3. The minimum atomic E-state index is -0.584. The van der Waals surface area contributed by atoms with Crippen molar-refractivity contribution >= 4 is 27.4 Å². The van der Waals surface area contributed by atoms with Crippen LogP contribution >= 0.6 is 11.3 Å². The molecule has 0 amide bonds. The number of benzene rings is 2. The Hall–Kier alpha value is -3.16. The maximum atomic E-state index is 10.6. The summed E-state index contributed by atoms with van der Waals surface area (Å²) < 4.78 is 3.01. The number of hydrogen-bond donors (Lipinski definition) is 3. The Morgan fingerprint density at radius 3 is 2.70 bits per heavy atom. The average molecular weight is 420 g/mol. The lowest BCUT2D eigenvalue weighted by atomic mass is 10.2. The fourth-order valence-electron chi connectivity index (χ4n) is 3.15. The van der Waals surface area contributed by atoms with Gasteiger partial charge in [0.1, 0.15) is 6.10 Å². The van der Waals surface area contributed by atoms with E-state index >= 15 is 0 Å². The van der Waals surface area contributed by atoms with Crippen LogP contribution in [0.25, 0.3) is 15.8 Å². The first kappa shape index (κ1) is 20.1. The standard InChI is InChI=1S/C23H25N5OS/c1-2-24-23(25-15-17-8-10-19(11-9-17)28-13-5-12-27-28)26-16-20(29)22-14-18-6-3-4-7-21(18)30-22/h3-14,20,29H,2,15-16H2,1H3,(H2,24,25,26). The van der Waals surface area contributed by atoms with Crippen LogP contribution in [0.1, 0.15) is 23.5 Å². The molecule has 7 heteroatoms. The number of aliphatic hydroxyl groups is 1. The van der Waals surface area contributed by atoms with Gasteiger partial charge in [-0.15, -0.1) is 11.3 Å². The molecule has 0 aliphatic heterocycles. The van der Waals surface area contributed by atoms with Gasteiger partial charge in [-0.05, 0) is 48.2 Å². The van der Waals surface area contributed by atoms with E-state index in [0.717, 1.165) is 28.1 Å². The lowest BCUT2D eigenvalue weighted by Gasteiger charge is -2.14. The van der Waals surface area contributed by atoms with Gasteiger partial charge in [-0.1, -0.05) is 30.3 Å². The molecule has 6 nitrogen and oxygen atoms in total. The van der Waals surface area contributed by atoms with Crippen molar-refractivity contribution in [3.05, 3.63) is 83.5 Å². The molecule has 0 saturated carbocycles. The van der Waals surface area contributed by atoms with Crippen LogP contribution in [-0.2, 0) is 6.54 Å². The topological polar surface area (TPSA) is 74.5 Å². The molecule has 2 heterocycles. The maximum absolute atomic E-state index is 10.6. The number of nitrogens with zero attached hydrogens (tertiary/aromatic N) is 3. The van der Waals surface area contributed by atoms with Crippen molar-refractivity contribution in [2.75, 3.05) is 13.1 Å². The van der Waals surface area contributed by atoms with E-state index < -0.39 is 6.10 Å². The second-order valence-corrected chi connectivity index (χ2v) is 8.01. The highest BCUT2D eigenvalue weighted by Crippen LogP contribution is 2.29. The maximum Gasteiger partial charge on any atom is 0.191 e. The molecular formula is C23H25N5OS. The molecule has 154 valence electrons. The lowest BCUT2D eigenvalue weighted by molar-refractivity contribution is 0.184. The molecule has 1 unspecified atom stereocenters. The molecular weight excluding hydrogens is 394 g/mol. The van der Waals surface area contributed by atoms with Gasteiger partial charge in [0.15, 0.2) is 5.96 Å². The molecule has 30 heavy (non-hydrogen) atoms. The van der Waals surface area contributed by atoms with Crippen molar-refractivity contribution in [3.8, 4) is 5.69 Å². The van der Waals surface area contributed by atoms with Gasteiger partial charge in [0.05, 0.1) is 12.2 Å². The van der Waals surface area contributed by atoms with Gasteiger partial charge in [0.25, 0.3) is 0 Å². The molecule has 0 saturated heterocycles. The summed E-state index contributed by atoms with van der Waals surface area (Å²) in [4.78, 5) is 5.60. The summed E-state index contributed by atoms with van der Waals surface area (Å²) in [5.74, 6) is 0.689. The fraction of sp³-hybridized carbons (Fsp3) is 0.217. The van der Waals surface area contributed by atoms with Crippen LogP contribution < -0.4 is 10.6 Å². The Morgan fingerprint density at radius 1 is 1.13 bits per heavy atom. The van der Waals surface area contributed by atoms with Gasteiger partial charge >= 0.3 is 0 Å². The van der Waals surface area contributed by atoms with E-state index in [1.54, 1.807) is 17.5 Å². The third-order valence-electron chi connectivity index (χ3n) is 4.71. The minimum Gasteiger partial charge on any atom is -0.386 e. The van der Waals surface area contributed by atoms with Crippen molar-refractivity contribution in [3.63, 3.8) is 0 Å². The van der Waals surface area contributed by atoms with E-state index in [1.807, 2.05) is 48.1 Å². The number of guanidine groups is 1. The number of thiophene rings is 1. The molecule has 2 aromatic heterocycles. The highest BCUT2D eigenvalue weighted by molar-refractivity contribution is 7.19. The van der Waals surface area contributed by atoms with Gasteiger partial charge in [0, 0.05) is 35.1 Å². The summed E-state index contributed by atoms with van der Waals surface area (Å²) in [6.07, 6.45) is 3.10. The molecule has 0 fully saturated rings. The zero-order valence-corrected chi connectivity index (χ0v) is 17.6. The average Bonchev–Trinajstić information content (AvgIpc) is 3.46. The third-order valence-corrected chi connectivity index (χ3v) is 5.92. The smallest absolute Gasteiger partial charge is 0.191 e. The molecule has 1 atom stereocenters. The number of nitrogens with one attached hydrogen (secondary N) is 2. The number of aliphatic imine (C=N–C) groups is 1. The predicted octanol–water partition coefficient (Wildman–Crippen LogP) is 3.88. The van der Waals surface area contributed by atoms with Crippen LogP contribution in [0.3, 0.4) is 0 Å². The summed E-state index contributed by atoms with van der Waals surface area (Å²) in [6.45, 7) is 3.73. The summed E-state index contributed by atoms with van der Waals surface area (Å²) in [5.41, 5.74) is 2.12. The molecule has 3 N–H and O–H groups in total. The Balaban J connectivity index is 1.37. The van der Waals surface area contributed by atoms with E-state index in [0.29, 0.717) is 19.0 Å².